The summed E-state index contributed by atoms with van der Waals surface area (Å²) in [6.07, 6.45) is 0. The second-order valence-corrected chi connectivity index (χ2v) is 0. The van der Waals surface area contributed by atoms with Gasteiger partial charge in [-0.25, -0.2) is 0 Å². The van der Waals surface area contributed by atoms with Gasteiger partial charge >= 0.3 is 59.7 Å². The van der Waals surface area contributed by atoms with Crippen molar-refractivity contribution >= 4 is 0 Å². The summed E-state index contributed by atoms with van der Waals surface area (Å²) in [7, 11) is 0. The zero-order chi connectivity index (χ0) is 0. The minimum Gasteiger partial charge on any atom is -2.00 e. The first-order valence-corrected chi connectivity index (χ1v) is 0. The van der Waals surface area contributed by atoms with Crippen LogP contribution in [0.4, 0.5) is 0 Å². The topological polar surface area (TPSA) is 57.0 Å². The Balaban J connectivity index is 0. The molecular weight excluding hydrogens is 183 g/mol. The van der Waals surface area contributed by atoms with Crippen LogP contribution in [0.2, 0.25) is 0 Å². The van der Waals surface area contributed by atoms with E-state index in [1.165, 1.54) is 0 Å². The summed E-state index contributed by atoms with van der Waals surface area (Å²) in [6, 6.07) is 0. The van der Waals surface area contributed by atoms with Crippen molar-refractivity contribution in [3.05, 3.63) is 0 Å². The Morgan fingerprint density at radius 2 is 0.750 bits per heavy atom. The summed E-state index contributed by atoms with van der Waals surface area (Å²) >= 11 is 0. The van der Waals surface area contributed by atoms with Gasteiger partial charge in [-0.1, -0.05) is 0 Å². The number of hydrogen-bond acceptors (Lipinski definition) is 0. The largest absolute Gasteiger partial charge is 3.00 e. The molecule has 0 aromatic carbocycles. The van der Waals surface area contributed by atoms with Gasteiger partial charge < -0.3 is 11.0 Å². The van der Waals surface area contributed by atoms with E-state index in [0.717, 1.165) is 0 Å². The fourth-order valence-corrected chi connectivity index (χ4v) is 0. The molecule has 17 valence electrons. The van der Waals surface area contributed by atoms with Gasteiger partial charge in [-0.15, -0.1) is 0 Å². The van der Waals surface area contributed by atoms with Crippen LogP contribution in [0.1, 0.15) is 0 Å². The first-order valence-electron chi connectivity index (χ1n) is 0. The molecule has 0 rings (SSSR count). The van der Waals surface area contributed by atoms with Crippen molar-refractivity contribution in [3.8, 4) is 0 Å². The molecule has 4 heteroatoms. The van der Waals surface area contributed by atoms with Crippen molar-refractivity contribution in [2.45, 2.75) is 0 Å². The van der Waals surface area contributed by atoms with E-state index in [-0.39, 0.29) is 70.7 Å². The van der Waals surface area contributed by atoms with Gasteiger partial charge in [-0.2, -0.15) is 0 Å². The van der Waals surface area contributed by atoms with Crippen molar-refractivity contribution in [1.82, 2.24) is 0 Å². The standard InChI is InChI=1S/Li.Nd.2O/q+1;+3;2*-2. The van der Waals surface area contributed by atoms with Crippen molar-refractivity contribution < 1.29 is 70.7 Å². The van der Waals surface area contributed by atoms with Crippen molar-refractivity contribution in [2.75, 3.05) is 0 Å². The molecule has 0 fully saturated rings. The third-order valence-corrected chi connectivity index (χ3v) is 0. The normalized spacial score (nSPS) is 0. The molecule has 0 aliphatic carbocycles. The first-order chi connectivity index (χ1) is 0. The summed E-state index contributed by atoms with van der Waals surface area (Å²) in [6.45, 7) is 0. The Bertz CT molecular complexity index is 6.00. The third kappa shape index (κ3) is 9.12. The second kappa shape index (κ2) is 20.9. The Morgan fingerprint density at radius 3 is 0.750 bits per heavy atom. The Hall–Kier alpha value is 1.87. The third-order valence-electron chi connectivity index (χ3n) is 0. The second-order valence-electron chi connectivity index (χ2n) is 0. The first kappa shape index (κ1) is 39.8. The van der Waals surface area contributed by atoms with E-state index in [1.807, 2.05) is 0 Å². The Labute approximate surface area is 69.7 Å². The molecule has 2 nitrogen and oxygen atoms in total. The Morgan fingerprint density at radius 1 is 0.750 bits per heavy atom. The van der Waals surface area contributed by atoms with Crippen LogP contribution < -0.4 is 18.9 Å². The SMILES string of the molecule is [Li+].[Nd+3].[O-2].[O-2]. The molecule has 0 aliphatic rings. The van der Waals surface area contributed by atoms with Gasteiger partial charge in [-0.3, -0.25) is 0 Å². The number of hydrogen-bond donors (Lipinski definition) is 0. The molecule has 0 saturated carbocycles. The van der Waals surface area contributed by atoms with Crippen LogP contribution in [0.3, 0.4) is 0 Å². The maximum atomic E-state index is 0. The van der Waals surface area contributed by atoms with Crippen LogP contribution in [0.15, 0.2) is 0 Å². The van der Waals surface area contributed by atoms with Gasteiger partial charge in [0.1, 0.15) is 0 Å². The number of rotatable bonds is 0. The van der Waals surface area contributed by atoms with E-state index >= 15 is 0 Å². The average molecular weight is 183 g/mol. The molecule has 0 spiro atoms. The van der Waals surface area contributed by atoms with Crippen LogP contribution >= 0.6 is 0 Å². The smallest absolute Gasteiger partial charge is 2.00 e. The molecule has 0 unspecified atom stereocenters. The van der Waals surface area contributed by atoms with Crippen LogP contribution in [0.5, 0.6) is 0 Å². The zero-order valence-corrected chi connectivity index (χ0v) is 5.52. The summed E-state index contributed by atoms with van der Waals surface area (Å²) < 4.78 is 0. The maximum Gasteiger partial charge on any atom is 3.00 e. The zero-order valence-electron chi connectivity index (χ0n) is 2.32. The molecule has 1 radical (unpaired) electrons. The summed E-state index contributed by atoms with van der Waals surface area (Å²) in [5, 5.41) is 0. The van der Waals surface area contributed by atoms with Gasteiger partial charge in [0, 0.05) is 0 Å². The molecule has 0 saturated heterocycles. The molecular formula is LiNdO2. The predicted molar refractivity (Wildman–Crippen MR) is 1.37 cm³/mol. The fourth-order valence-electron chi connectivity index (χ4n) is 0. The van der Waals surface area contributed by atoms with E-state index in [2.05, 4.69) is 0 Å². The molecule has 0 aromatic heterocycles. The van der Waals surface area contributed by atoms with Gasteiger partial charge in [0.15, 0.2) is 0 Å². The average Bonchev–Trinajstić information content (AvgIpc) is 0. The summed E-state index contributed by atoms with van der Waals surface area (Å²) in [4.78, 5) is 0. The molecule has 4 heavy (non-hydrogen) atoms. The van der Waals surface area contributed by atoms with Gasteiger partial charge in [-0.05, 0) is 0 Å². The van der Waals surface area contributed by atoms with E-state index in [0.29, 0.717) is 0 Å². The van der Waals surface area contributed by atoms with Crippen molar-refractivity contribution in [1.29, 1.82) is 0 Å². The Kier molecular flexibility index (Phi) is 208. The van der Waals surface area contributed by atoms with E-state index in [1.54, 1.807) is 0 Å². The quantitative estimate of drug-likeness (QED) is 0.354. The fraction of sp³-hybridized carbons (Fsp3) is 0. The molecule has 0 atom stereocenters. The van der Waals surface area contributed by atoms with E-state index < -0.39 is 0 Å². The molecule has 0 aliphatic heterocycles. The van der Waals surface area contributed by atoms with Crippen LogP contribution in [-0.2, 0) is 11.0 Å². The minimum atomic E-state index is 0. The minimum absolute atomic E-state index is 0. The van der Waals surface area contributed by atoms with Gasteiger partial charge in [0.05, 0.1) is 0 Å². The van der Waals surface area contributed by atoms with E-state index in [9.17, 15) is 0 Å². The predicted octanol–water partition coefficient (Wildman–Crippen LogP) is -3.23. The molecule has 0 bridgehead atoms. The molecule has 0 N–H and O–H groups in total. The van der Waals surface area contributed by atoms with Crippen LogP contribution in [-0.4, -0.2) is 0 Å². The summed E-state index contributed by atoms with van der Waals surface area (Å²) in [5.74, 6) is 0. The van der Waals surface area contributed by atoms with Crippen molar-refractivity contribution in [3.63, 3.8) is 0 Å². The maximum absolute atomic E-state index is 0. The van der Waals surface area contributed by atoms with Crippen LogP contribution in [0, 0.1) is 40.8 Å². The van der Waals surface area contributed by atoms with E-state index in [4.69, 9.17) is 0 Å². The van der Waals surface area contributed by atoms with Crippen LogP contribution in [0.25, 0.3) is 0 Å². The van der Waals surface area contributed by atoms with Gasteiger partial charge in [0.2, 0.25) is 0 Å². The monoisotopic (exact) mass is 181 g/mol. The van der Waals surface area contributed by atoms with Gasteiger partial charge in [0.25, 0.3) is 0 Å². The molecule has 0 aromatic rings. The molecule has 0 heterocycles. The molecule has 0 amide bonds. The van der Waals surface area contributed by atoms with Crippen molar-refractivity contribution in [2.24, 2.45) is 0 Å². The summed E-state index contributed by atoms with van der Waals surface area (Å²) in [5.41, 5.74) is 0.